The van der Waals surface area contributed by atoms with E-state index in [2.05, 4.69) is 4.99 Å². The van der Waals surface area contributed by atoms with E-state index in [1.807, 2.05) is 36.1 Å². The van der Waals surface area contributed by atoms with E-state index in [1.165, 1.54) is 0 Å². The van der Waals surface area contributed by atoms with Gasteiger partial charge in [-0.2, -0.15) is 0 Å². The number of carbonyl (C=O) groups is 1. The van der Waals surface area contributed by atoms with Crippen molar-refractivity contribution in [2.75, 3.05) is 18.0 Å². The van der Waals surface area contributed by atoms with Crippen LogP contribution in [0.1, 0.15) is 12.5 Å². The summed E-state index contributed by atoms with van der Waals surface area (Å²) < 4.78 is 0. The Bertz CT molecular complexity index is 385. The molecule has 1 aliphatic heterocycles. The Hall–Kier alpha value is -1.64. The number of hydrogen-bond acceptors (Lipinski definition) is 2. The molecule has 3 heteroatoms. The predicted molar refractivity (Wildman–Crippen MR) is 56.9 cm³/mol. The molecule has 0 N–H and O–H groups in total. The van der Waals surface area contributed by atoms with E-state index in [0.29, 0.717) is 6.54 Å². The maximum atomic E-state index is 11.3. The number of nitrogens with zero attached hydrogens (tertiary/aromatic N) is 2. The second-order valence-electron chi connectivity index (χ2n) is 3.22. The van der Waals surface area contributed by atoms with Gasteiger partial charge in [-0.1, -0.05) is 18.2 Å². The average molecular weight is 188 g/mol. The Kier molecular flexibility index (Phi) is 2.31. The summed E-state index contributed by atoms with van der Waals surface area (Å²) in [6.07, 6.45) is 1.65. The Labute approximate surface area is 83.1 Å². The number of hydrogen-bond donors (Lipinski definition) is 0. The normalized spacial score (nSPS) is 15.2. The maximum Gasteiger partial charge on any atom is 0.265 e. The number of anilines is 1. The molecule has 0 bridgehead atoms. The Morgan fingerprint density at radius 1 is 1.43 bits per heavy atom. The molecular weight excluding hydrogens is 176 g/mol. The molecule has 3 nitrogen and oxygen atoms in total. The van der Waals surface area contributed by atoms with E-state index in [0.717, 1.165) is 17.8 Å². The van der Waals surface area contributed by atoms with Gasteiger partial charge in [0.1, 0.15) is 0 Å². The van der Waals surface area contributed by atoms with Gasteiger partial charge in [0.2, 0.25) is 0 Å². The third-order valence-corrected chi connectivity index (χ3v) is 2.33. The van der Waals surface area contributed by atoms with Crippen molar-refractivity contribution in [2.24, 2.45) is 4.99 Å². The fourth-order valence-electron chi connectivity index (χ4n) is 1.60. The number of carbonyl (C=O) groups excluding carboxylic acids is 1. The zero-order chi connectivity index (χ0) is 9.97. The molecule has 0 radical (unpaired) electrons. The van der Waals surface area contributed by atoms with Crippen molar-refractivity contribution in [3.8, 4) is 0 Å². The molecular formula is C11H12N2O. The molecule has 0 aromatic heterocycles. The van der Waals surface area contributed by atoms with Crippen LogP contribution >= 0.6 is 0 Å². The summed E-state index contributed by atoms with van der Waals surface area (Å²) in [7, 11) is 0. The van der Waals surface area contributed by atoms with E-state index in [1.54, 1.807) is 6.21 Å². The predicted octanol–water partition coefficient (Wildman–Crippen LogP) is 1.47. The molecule has 0 fully saturated rings. The van der Waals surface area contributed by atoms with E-state index >= 15 is 0 Å². The second-order valence-corrected chi connectivity index (χ2v) is 3.22. The van der Waals surface area contributed by atoms with E-state index in [-0.39, 0.29) is 5.91 Å². The van der Waals surface area contributed by atoms with Crippen molar-refractivity contribution >= 4 is 17.8 Å². The van der Waals surface area contributed by atoms with Gasteiger partial charge in [0, 0.05) is 24.0 Å². The molecule has 0 unspecified atom stereocenters. The third kappa shape index (κ3) is 1.53. The number of likely N-dealkylation sites (N-methyl/N-ethyl adjacent to an activating group) is 1. The molecule has 0 aliphatic carbocycles. The summed E-state index contributed by atoms with van der Waals surface area (Å²) in [6.45, 7) is 3.24. The molecule has 72 valence electrons. The van der Waals surface area contributed by atoms with E-state index < -0.39 is 0 Å². The van der Waals surface area contributed by atoms with Crippen molar-refractivity contribution in [1.29, 1.82) is 0 Å². The fraction of sp³-hybridized carbons (Fsp3) is 0.273. The molecule has 0 atom stereocenters. The largest absolute Gasteiger partial charge is 0.362 e. The number of rotatable bonds is 1. The zero-order valence-corrected chi connectivity index (χ0v) is 8.10. The molecule has 1 aromatic carbocycles. The molecule has 1 amide bonds. The van der Waals surface area contributed by atoms with Crippen LogP contribution < -0.4 is 4.90 Å². The topological polar surface area (TPSA) is 32.7 Å². The molecule has 14 heavy (non-hydrogen) atoms. The van der Waals surface area contributed by atoms with Crippen molar-refractivity contribution in [3.63, 3.8) is 0 Å². The van der Waals surface area contributed by atoms with Crippen LogP contribution in [0.4, 0.5) is 5.69 Å². The summed E-state index contributed by atoms with van der Waals surface area (Å²) in [6, 6.07) is 7.92. The molecule has 1 aromatic rings. The van der Waals surface area contributed by atoms with Crippen LogP contribution in [0, 0.1) is 0 Å². The minimum atomic E-state index is -0.0805. The number of benzene rings is 1. The van der Waals surface area contributed by atoms with Crippen LogP contribution in [-0.2, 0) is 4.79 Å². The van der Waals surface area contributed by atoms with Gasteiger partial charge < -0.3 is 4.90 Å². The summed E-state index contributed by atoms with van der Waals surface area (Å²) >= 11 is 0. The highest BCUT2D eigenvalue weighted by Gasteiger charge is 2.14. The minimum absolute atomic E-state index is 0.0805. The number of fused-ring (bicyclic) bond motifs is 1. The quantitative estimate of drug-likeness (QED) is 0.668. The Balaban J connectivity index is 2.47. The minimum Gasteiger partial charge on any atom is -0.362 e. The average Bonchev–Trinajstić information content (AvgIpc) is 2.38. The van der Waals surface area contributed by atoms with Crippen LogP contribution in [-0.4, -0.2) is 25.2 Å². The van der Waals surface area contributed by atoms with Gasteiger partial charge in [0.15, 0.2) is 0 Å². The van der Waals surface area contributed by atoms with Crippen molar-refractivity contribution < 1.29 is 4.79 Å². The lowest BCUT2D eigenvalue weighted by Crippen LogP contribution is -2.27. The molecule has 1 heterocycles. The van der Waals surface area contributed by atoms with Crippen molar-refractivity contribution in [3.05, 3.63) is 29.8 Å². The lowest BCUT2D eigenvalue weighted by atomic mass is 10.2. The maximum absolute atomic E-state index is 11.3. The molecule has 2 rings (SSSR count). The van der Waals surface area contributed by atoms with Gasteiger partial charge in [0.25, 0.3) is 5.91 Å². The second kappa shape index (κ2) is 3.62. The zero-order valence-electron chi connectivity index (χ0n) is 8.10. The monoisotopic (exact) mass is 188 g/mol. The summed E-state index contributed by atoms with van der Waals surface area (Å²) in [5, 5.41) is 0. The smallest absolute Gasteiger partial charge is 0.265 e. The van der Waals surface area contributed by atoms with E-state index in [9.17, 15) is 4.79 Å². The number of para-hydroxylation sites is 1. The Morgan fingerprint density at radius 3 is 3.00 bits per heavy atom. The van der Waals surface area contributed by atoms with Crippen LogP contribution in [0.5, 0.6) is 0 Å². The van der Waals surface area contributed by atoms with Crippen LogP contribution in [0.3, 0.4) is 0 Å². The molecule has 1 aliphatic rings. The number of amides is 1. The molecule has 0 saturated heterocycles. The third-order valence-electron chi connectivity index (χ3n) is 2.33. The first-order valence-electron chi connectivity index (χ1n) is 4.72. The molecule has 0 saturated carbocycles. The van der Waals surface area contributed by atoms with Gasteiger partial charge >= 0.3 is 0 Å². The highest BCUT2D eigenvalue weighted by Crippen LogP contribution is 2.20. The standard InChI is InChI=1S/C11H12N2O/c1-2-13-8-11(14)12-7-9-5-3-4-6-10(9)13/h3-7H,2,8H2,1H3. The van der Waals surface area contributed by atoms with Crippen molar-refractivity contribution in [2.45, 2.75) is 6.92 Å². The van der Waals surface area contributed by atoms with Gasteiger partial charge in [-0.05, 0) is 13.0 Å². The first-order valence-corrected chi connectivity index (χ1v) is 4.72. The van der Waals surface area contributed by atoms with Crippen LogP contribution in [0.2, 0.25) is 0 Å². The van der Waals surface area contributed by atoms with E-state index in [4.69, 9.17) is 0 Å². The van der Waals surface area contributed by atoms with Gasteiger partial charge in [-0.15, -0.1) is 0 Å². The van der Waals surface area contributed by atoms with Crippen molar-refractivity contribution in [1.82, 2.24) is 0 Å². The highest BCUT2D eigenvalue weighted by atomic mass is 16.1. The van der Waals surface area contributed by atoms with Gasteiger partial charge in [-0.25, -0.2) is 4.99 Å². The molecule has 0 spiro atoms. The summed E-state index contributed by atoms with van der Waals surface area (Å²) in [4.78, 5) is 17.2. The Morgan fingerprint density at radius 2 is 2.21 bits per heavy atom. The SMILES string of the molecule is CCN1CC(=O)N=Cc2ccccc21. The van der Waals surface area contributed by atoms with Gasteiger partial charge in [0.05, 0.1) is 6.54 Å². The van der Waals surface area contributed by atoms with Crippen LogP contribution in [0.25, 0.3) is 0 Å². The number of benzodiazepines with no additional fused rings is 1. The lowest BCUT2D eigenvalue weighted by Gasteiger charge is -2.21. The summed E-state index contributed by atoms with van der Waals surface area (Å²) in [5.74, 6) is -0.0805. The van der Waals surface area contributed by atoms with Crippen LogP contribution in [0.15, 0.2) is 29.3 Å². The fourth-order valence-corrected chi connectivity index (χ4v) is 1.60. The number of aliphatic imine (C=N–C) groups is 1. The first-order chi connectivity index (χ1) is 6.81. The summed E-state index contributed by atoms with van der Waals surface area (Å²) in [5.41, 5.74) is 2.10. The highest BCUT2D eigenvalue weighted by molar-refractivity contribution is 6.00. The first kappa shape index (κ1) is 8.94. The van der Waals surface area contributed by atoms with Gasteiger partial charge in [-0.3, -0.25) is 4.79 Å². The lowest BCUT2D eigenvalue weighted by molar-refractivity contribution is -0.116.